The van der Waals surface area contributed by atoms with Crippen molar-refractivity contribution in [2.45, 2.75) is 148 Å². The second-order valence-corrected chi connectivity index (χ2v) is 30.3. The molecule has 0 spiro atoms. The molecular weight excluding hydrogens is 956 g/mol. The summed E-state index contributed by atoms with van der Waals surface area (Å²) >= 11 is 4.03. The fourth-order valence-corrected chi connectivity index (χ4v) is 18.2. The van der Waals surface area contributed by atoms with Crippen molar-refractivity contribution >= 4 is 114 Å². The minimum atomic E-state index is -0.171. The van der Waals surface area contributed by atoms with Crippen molar-refractivity contribution in [1.82, 2.24) is 4.57 Å². The molecule has 0 N–H and O–H groups in total. The lowest BCUT2D eigenvalue weighted by Crippen LogP contribution is -2.60. The van der Waals surface area contributed by atoms with Gasteiger partial charge < -0.3 is 9.38 Å². The van der Waals surface area contributed by atoms with Crippen molar-refractivity contribution in [1.29, 1.82) is 0 Å². The molecule has 0 fully saturated rings. The van der Waals surface area contributed by atoms with Crippen molar-refractivity contribution in [3.63, 3.8) is 0 Å². The molecule has 0 saturated heterocycles. The SMILES string of the molecule is CC(C)(C)c1ccc(N2B3c4cc5c(cc4-n4c6cc7c(cc6c6c8sc9ccccc9c8c(c3c64)-c3cc4sc6cc8c(cc6c4cc32)C(C)(C)CCC8(C)C)C(C)(C)CCC7(C)C)-c2ccccc2C5(C)C)cc1. The molecule has 3 aromatic heterocycles. The molecule has 16 rings (SSSR count). The number of aromatic nitrogens is 1. The summed E-state index contributed by atoms with van der Waals surface area (Å²) in [5, 5.41) is 8.39. The Hall–Kier alpha value is -6.14. The lowest BCUT2D eigenvalue weighted by atomic mass is 9.43. The lowest BCUT2D eigenvalue weighted by Gasteiger charge is -2.43. The minimum absolute atomic E-state index is 0.0216. The van der Waals surface area contributed by atoms with Crippen LogP contribution in [0.15, 0.2) is 121 Å². The first-order chi connectivity index (χ1) is 36.0. The maximum Gasteiger partial charge on any atom is 0.333 e. The van der Waals surface area contributed by atoms with E-state index in [0.29, 0.717) is 0 Å². The van der Waals surface area contributed by atoms with E-state index in [2.05, 4.69) is 221 Å². The smallest absolute Gasteiger partial charge is 0.333 e. The van der Waals surface area contributed by atoms with Gasteiger partial charge in [-0.15, -0.1) is 22.7 Å². The molecule has 0 amide bonds. The molecule has 376 valence electrons. The van der Waals surface area contributed by atoms with Gasteiger partial charge in [0, 0.05) is 79.2 Å². The molecule has 5 aliphatic rings. The fraction of sp³-hybridized carbons (Fsp3) is 0.324. The Labute approximate surface area is 456 Å². The maximum atomic E-state index is 2.82. The predicted octanol–water partition coefficient (Wildman–Crippen LogP) is 19.1. The Morgan fingerprint density at radius 1 is 0.474 bits per heavy atom. The van der Waals surface area contributed by atoms with Gasteiger partial charge >= 0.3 is 6.85 Å². The number of fused-ring (bicyclic) bond motifs is 21. The highest BCUT2D eigenvalue weighted by Crippen LogP contribution is 2.58. The lowest BCUT2D eigenvalue weighted by molar-refractivity contribution is 0.332. The zero-order chi connectivity index (χ0) is 52.3. The monoisotopic (exact) mass is 1020 g/mol. The van der Waals surface area contributed by atoms with Gasteiger partial charge in [0.2, 0.25) is 0 Å². The summed E-state index contributed by atoms with van der Waals surface area (Å²) < 4.78 is 8.36. The number of rotatable bonds is 1. The van der Waals surface area contributed by atoms with E-state index in [9.17, 15) is 0 Å². The Balaban J connectivity index is 1.13. The number of nitrogens with zero attached hydrogens (tertiary/aromatic N) is 2. The standard InChI is InChI=1S/C71H67BN2S2/c1-66(2,3)38-22-24-39(25-23-38)74-55-33-44-43-30-49-52(70(10,11)29-27-67(49,4)5)37-59(43)75-58(44)34-46(55)60-61-41-19-15-17-21-57(41)76-65(61)62-45-31-50-51(69(8,9)28-26-68(50,6)7)36-54(45)73-56-32-42-40-18-14-16-20-47(40)71(12,13)48(42)35-53(56)72(74)63(60)64(62)73/h14-25,30-37H,26-29H2,1-13H3. The highest BCUT2D eigenvalue weighted by atomic mass is 32.1. The van der Waals surface area contributed by atoms with Gasteiger partial charge in [0.05, 0.1) is 11.0 Å². The molecule has 11 aromatic rings. The van der Waals surface area contributed by atoms with Crippen LogP contribution < -0.4 is 15.7 Å². The molecule has 76 heavy (non-hydrogen) atoms. The second-order valence-electron chi connectivity index (χ2n) is 28.2. The normalized spacial score (nSPS) is 18.9. The Bertz CT molecular complexity index is 4480. The summed E-state index contributed by atoms with van der Waals surface area (Å²) in [5.74, 6) is 0. The average molecular weight is 1020 g/mol. The Kier molecular flexibility index (Phi) is 8.66. The summed E-state index contributed by atoms with van der Waals surface area (Å²) in [4.78, 5) is 2.82. The van der Waals surface area contributed by atoms with Gasteiger partial charge in [0.1, 0.15) is 0 Å². The van der Waals surface area contributed by atoms with E-state index in [4.69, 9.17) is 0 Å². The second kappa shape index (κ2) is 14.3. The molecule has 3 aliphatic carbocycles. The summed E-state index contributed by atoms with van der Waals surface area (Å²) in [7, 11) is 0. The van der Waals surface area contributed by atoms with Crippen LogP contribution in [0.4, 0.5) is 11.4 Å². The van der Waals surface area contributed by atoms with Crippen LogP contribution in [0.2, 0.25) is 0 Å². The first kappa shape index (κ1) is 46.0. The third kappa shape index (κ3) is 5.74. The highest BCUT2D eigenvalue weighted by molar-refractivity contribution is 7.27. The Morgan fingerprint density at radius 3 is 1.78 bits per heavy atom. The van der Waals surface area contributed by atoms with E-state index in [1.807, 2.05) is 22.7 Å². The molecule has 2 nitrogen and oxygen atoms in total. The van der Waals surface area contributed by atoms with Gasteiger partial charge in [0.25, 0.3) is 0 Å². The van der Waals surface area contributed by atoms with Crippen molar-refractivity contribution in [2.24, 2.45) is 0 Å². The van der Waals surface area contributed by atoms with Crippen LogP contribution in [0.1, 0.15) is 155 Å². The third-order valence-electron chi connectivity index (χ3n) is 20.4. The molecule has 5 heteroatoms. The zero-order valence-electron chi connectivity index (χ0n) is 46.7. The first-order valence-corrected chi connectivity index (χ1v) is 29.9. The average Bonchev–Trinajstić information content (AvgIpc) is 4.22. The number of hydrogen-bond donors (Lipinski definition) is 0. The van der Waals surface area contributed by atoms with Gasteiger partial charge in [-0.05, 0) is 180 Å². The van der Waals surface area contributed by atoms with E-state index in [1.54, 1.807) is 0 Å². The summed E-state index contributed by atoms with van der Waals surface area (Å²) in [6.07, 6.45) is 4.77. The van der Waals surface area contributed by atoms with Crippen molar-refractivity contribution in [3.8, 4) is 27.9 Å². The quantitative estimate of drug-likeness (QED) is 0.149. The van der Waals surface area contributed by atoms with Crippen molar-refractivity contribution in [2.75, 3.05) is 4.81 Å². The molecule has 0 unspecified atom stereocenters. The molecule has 0 atom stereocenters. The Morgan fingerprint density at radius 2 is 1.08 bits per heavy atom. The first-order valence-electron chi connectivity index (χ1n) is 28.3. The minimum Gasteiger partial charge on any atom is -0.376 e. The van der Waals surface area contributed by atoms with Gasteiger partial charge in [-0.3, -0.25) is 0 Å². The zero-order valence-corrected chi connectivity index (χ0v) is 48.3. The molecule has 0 bridgehead atoms. The van der Waals surface area contributed by atoms with Crippen LogP contribution in [0, 0.1) is 0 Å². The molecule has 8 aromatic carbocycles. The van der Waals surface area contributed by atoms with Crippen LogP contribution in [0.3, 0.4) is 0 Å². The van der Waals surface area contributed by atoms with E-state index < -0.39 is 0 Å². The molecule has 0 radical (unpaired) electrons. The van der Waals surface area contributed by atoms with Gasteiger partial charge in [-0.25, -0.2) is 0 Å². The number of hydrogen-bond acceptors (Lipinski definition) is 3. The highest BCUT2D eigenvalue weighted by Gasteiger charge is 2.49. The molecule has 5 heterocycles. The van der Waals surface area contributed by atoms with Gasteiger partial charge in [0.15, 0.2) is 0 Å². The fourth-order valence-electron chi connectivity index (χ4n) is 15.8. The summed E-state index contributed by atoms with van der Waals surface area (Å²) in [5.41, 5.74) is 25.5. The van der Waals surface area contributed by atoms with Crippen LogP contribution in [-0.2, 0) is 32.5 Å². The molecular formula is C71H67BN2S2. The van der Waals surface area contributed by atoms with Crippen molar-refractivity contribution < 1.29 is 0 Å². The number of thiophene rings is 2. The maximum absolute atomic E-state index is 2.82. The van der Waals surface area contributed by atoms with Crippen molar-refractivity contribution in [3.05, 3.63) is 160 Å². The predicted molar refractivity (Wildman–Crippen MR) is 332 cm³/mol. The summed E-state index contributed by atoms with van der Waals surface area (Å²) in [6, 6.07) is 49.6. The van der Waals surface area contributed by atoms with E-state index >= 15 is 0 Å². The number of benzene rings is 8. The van der Waals surface area contributed by atoms with Crippen LogP contribution in [0.25, 0.3) is 90.1 Å². The van der Waals surface area contributed by atoms with Gasteiger partial charge in [-0.2, -0.15) is 0 Å². The summed E-state index contributed by atoms with van der Waals surface area (Å²) in [6.45, 7) is 31.8. The van der Waals surface area contributed by atoms with Gasteiger partial charge in [-0.1, -0.05) is 151 Å². The van der Waals surface area contributed by atoms with Crippen LogP contribution in [0.5, 0.6) is 0 Å². The van der Waals surface area contributed by atoms with E-state index in [0.717, 1.165) is 0 Å². The van der Waals surface area contributed by atoms with E-state index in [-0.39, 0.29) is 39.3 Å². The van der Waals surface area contributed by atoms with Crippen LogP contribution >= 0.6 is 22.7 Å². The van der Waals surface area contributed by atoms with Crippen LogP contribution in [-0.4, -0.2) is 11.4 Å². The number of anilines is 2. The largest absolute Gasteiger partial charge is 0.376 e. The topological polar surface area (TPSA) is 8.17 Å². The molecule has 0 saturated carbocycles. The third-order valence-corrected chi connectivity index (χ3v) is 22.7. The molecule has 2 aliphatic heterocycles. The van der Waals surface area contributed by atoms with E-state index in [1.165, 1.54) is 177 Å².